The maximum absolute atomic E-state index is 11.8. The fraction of sp³-hybridized carbons (Fsp3) is 0.222. The maximum Gasteiger partial charge on any atom is 0.407 e. The number of hydrogen-bond donors (Lipinski definition) is 3. The SMILES string of the molecule is N[C@H](CNC(=O)OCC1c2ccccc2-c2ccccc21)C(=O)O. The van der Waals surface area contributed by atoms with Gasteiger partial charge in [-0.05, 0) is 22.3 Å². The van der Waals surface area contributed by atoms with Gasteiger partial charge in [-0.25, -0.2) is 4.79 Å². The number of carbonyl (C=O) groups is 2. The zero-order valence-corrected chi connectivity index (χ0v) is 12.9. The lowest BCUT2D eigenvalue weighted by Crippen LogP contribution is -2.42. The van der Waals surface area contributed by atoms with Crippen LogP contribution in [0.15, 0.2) is 48.5 Å². The van der Waals surface area contributed by atoms with Crippen molar-refractivity contribution in [2.45, 2.75) is 12.0 Å². The second-order valence-corrected chi connectivity index (χ2v) is 5.65. The number of carboxylic acids is 1. The summed E-state index contributed by atoms with van der Waals surface area (Å²) in [7, 11) is 0. The van der Waals surface area contributed by atoms with Crippen LogP contribution in [0.5, 0.6) is 0 Å². The molecular weight excluding hydrogens is 308 g/mol. The Kier molecular flexibility index (Phi) is 4.48. The van der Waals surface area contributed by atoms with Crippen LogP contribution in [0.2, 0.25) is 0 Å². The molecule has 1 aliphatic carbocycles. The largest absolute Gasteiger partial charge is 0.480 e. The Balaban J connectivity index is 1.67. The Bertz CT molecular complexity index is 730. The monoisotopic (exact) mass is 326 g/mol. The second kappa shape index (κ2) is 6.72. The Hall–Kier alpha value is -2.86. The molecule has 0 heterocycles. The van der Waals surface area contributed by atoms with Crippen molar-refractivity contribution >= 4 is 12.1 Å². The summed E-state index contributed by atoms with van der Waals surface area (Å²) in [5, 5.41) is 11.1. The van der Waals surface area contributed by atoms with Gasteiger partial charge in [-0.3, -0.25) is 4.79 Å². The third kappa shape index (κ3) is 3.09. The van der Waals surface area contributed by atoms with Gasteiger partial charge in [-0.2, -0.15) is 0 Å². The van der Waals surface area contributed by atoms with Crippen LogP contribution in [-0.2, 0) is 9.53 Å². The average molecular weight is 326 g/mol. The van der Waals surface area contributed by atoms with Crippen LogP contribution in [0.3, 0.4) is 0 Å². The molecule has 6 nitrogen and oxygen atoms in total. The first kappa shape index (κ1) is 16.0. The van der Waals surface area contributed by atoms with Gasteiger partial charge in [0.1, 0.15) is 12.6 Å². The molecule has 24 heavy (non-hydrogen) atoms. The molecule has 2 aromatic carbocycles. The fourth-order valence-corrected chi connectivity index (χ4v) is 2.93. The van der Waals surface area contributed by atoms with Gasteiger partial charge in [-0.15, -0.1) is 0 Å². The fourth-order valence-electron chi connectivity index (χ4n) is 2.93. The quantitative estimate of drug-likeness (QED) is 0.779. The van der Waals surface area contributed by atoms with Crippen molar-refractivity contribution in [2.75, 3.05) is 13.2 Å². The summed E-state index contributed by atoms with van der Waals surface area (Å²) in [6, 6.07) is 14.9. The van der Waals surface area contributed by atoms with Gasteiger partial charge < -0.3 is 20.9 Å². The molecule has 0 saturated carbocycles. The lowest BCUT2D eigenvalue weighted by atomic mass is 9.98. The highest BCUT2D eigenvalue weighted by molar-refractivity contribution is 5.79. The van der Waals surface area contributed by atoms with Crippen LogP contribution in [-0.4, -0.2) is 36.4 Å². The number of fused-ring (bicyclic) bond motifs is 3. The van der Waals surface area contributed by atoms with Crippen LogP contribution in [0.4, 0.5) is 4.79 Å². The summed E-state index contributed by atoms with van der Waals surface area (Å²) in [6.45, 7) is 0.00811. The minimum Gasteiger partial charge on any atom is -0.480 e. The van der Waals surface area contributed by atoms with E-state index in [-0.39, 0.29) is 19.1 Å². The van der Waals surface area contributed by atoms with Crippen molar-refractivity contribution in [3.63, 3.8) is 0 Å². The summed E-state index contributed by atoms with van der Waals surface area (Å²) < 4.78 is 5.27. The number of aliphatic carboxylic acids is 1. The molecule has 1 aliphatic rings. The number of benzene rings is 2. The van der Waals surface area contributed by atoms with Crippen molar-refractivity contribution in [2.24, 2.45) is 5.73 Å². The van der Waals surface area contributed by atoms with E-state index in [1.165, 1.54) is 0 Å². The Morgan fingerprint density at radius 1 is 1.08 bits per heavy atom. The van der Waals surface area contributed by atoms with Crippen LogP contribution in [0, 0.1) is 0 Å². The second-order valence-electron chi connectivity index (χ2n) is 5.65. The molecule has 2 aromatic rings. The highest BCUT2D eigenvalue weighted by Crippen LogP contribution is 2.44. The first-order valence-corrected chi connectivity index (χ1v) is 7.65. The number of rotatable bonds is 5. The summed E-state index contributed by atoms with van der Waals surface area (Å²) in [5.74, 6) is -1.20. The molecule has 3 rings (SSSR count). The molecule has 1 amide bonds. The first-order valence-electron chi connectivity index (χ1n) is 7.65. The van der Waals surface area contributed by atoms with Crippen LogP contribution in [0.1, 0.15) is 17.0 Å². The highest BCUT2D eigenvalue weighted by Gasteiger charge is 2.29. The number of carboxylic acid groups (broad SMARTS) is 1. The molecule has 0 saturated heterocycles. The number of alkyl carbamates (subject to hydrolysis) is 1. The number of ether oxygens (including phenoxy) is 1. The van der Waals surface area contributed by atoms with E-state index < -0.39 is 18.1 Å². The molecule has 1 atom stereocenters. The van der Waals surface area contributed by atoms with E-state index >= 15 is 0 Å². The number of hydrogen-bond acceptors (Lipinski definition) is 4. The minimum atomic E-state index is -1.17. The summed E-state index contributed by atoms with van der Waals surface area (Å²) >= 11 is 0. The normalized spacial score (nSPS) is 13.7. The lowest BCUT2D eigenvalue weighted by molar-refractivity contribution is -0.138. The first-order chi connectivity index (χ1) is 11.6. The molecule has 0 bridgehead atoms. The average Bonchev–Trinajstić information content (AvgIpc) is 2.92. The number of nitrogens with one attached hydrogen (secondary N) is 1. The molecule has 4 N–H and O–H groups in total. The van der Waals surface area contributed by atoms with E-state index in [0.29, 0.717) is 0 Å². The molecule has 0 unspecified atom stereocenters. The van der Waals surface area contributed by atoms with Crippen LogP contribution in [0.25, 0.3) is 11.1 Å². The molecule has 0 spiro atoms. The molecule has 0 radical (unpaired) electrons. The summed E-state index contributed by atoms with van der Waals surface area (Å²) in [4.78, 5) is 22.4. The zero-order chi connectivity index (χ0) is 17.1. The molecule has 6 heteroatoms. The standard InChI is InChI=1S/C18H18N2O4/c19-16(17(21)22)9-20-18(23)24-10-15-13-7-3-1-5-11(13)12-6-2-4-8-14(12)15/h1-8,15-16H,9-10,19H2,(H,20,23)(H,21,22)/t16-/m1/s1. The smallest absolute Gasteiger partial charge is 0.407 e. The maximum atomic E-state index is 11.8. The van der Waals surface area contributed by atoms with Gasteiger partial charge in [-0.1, -0.05) is 48.5 Å². The molecule has 0 aromatic heterocycles. The van der Waals surface area contributed by atoms with E-state index in [1.54, 1.807) is 0 Å². The Morgan fingerprint density at radius 3 is 2.17 bits per heavy atom. The van der Waals surface area contributed by atoms with E-state index in [9.17, 15) is 9.59 Å². The molecule has 0 aliphatic heterocycles. The van der Waals surface area contributed by atoms with Gasteiger partial charge >= 0.3 is 12.1 Å². The van der Waals surface area contributed by atoms with Crippen molar-refractivity contribution < 1.29 is 19.4 Å². The van der Waals surface area contributed by atoms with E-state index in [4.69, 9.17) is 15.6 Å². The number of carbonyl (C=O) groups excluding carboxylic acids is 1. The van der Waals surface area contributed by atoms with Crippen molar-refractivity contribution in [3.05, 3.63) is 59.7 Å². The molecule has 0 fully saturated rings. The molecule has 124 valence electrons. The van der Waals surface area contributed by atoms with Gasteiger partial charge in [0.05, 0.1) is 0 Å². The third-order valence-electron chi connectivity index (χ3n) is 4.13. The van der Waals surface area contributed by atoms with E-state index in [0.717, 1.165) is 22.3 Å². The summed E-state index contributed by atoms with van der Waals surface area (Å²) in [6.07, 6.45) is -0.673. The van der Waals surface area contributed by atoms with Gasteiger partial charge in [0.2, 0.25) is 0 Å². The predicted molar refractivity (Wildman–Crippen MR) is 88.7 cm³/mol. The Morgan fingerprint density at radius 2 is 1.62 bits per heavy atom. The predicted octanol–water partition coefficient (Wildman–Crippen LogP) is 1.94. The highest BCUT2D eigenvalue weighted by atomic mass is 16.5. The van der Waals surface area contributed by atoms with Crippen LogP contribution < -0.4 is 11.1 Å². The lowest BCUT2D eigenvalue weighted by Gasteiger charge is -2.15. The number of amides is 1. The van der Waals surface area contributed by atoms with Gasteiger partial charge in [0.25, 0.3) is 0 Å². The van der Waals surface area contributed by atoms with Crippen LogP contribution >= 0.6 is 0 Å². The molecular formula is C18H18N2O4. The van der Waals surface area contributed by atoms with Crippen molar-refractivity contribution in [1.29, 1.82) is 0 Å². The zero-order valence-electron chi connectivity index (χ0n) is 12.9. The Labute approximate surface area is 139 Å². The van der Waals surface area contributed by atoms with Crippen molar-refractivity contribution in [1.82, 2.24) is 5.32 Å². The number of nitrogens with two attached hydrogens (primary N) is 1. The minimum absolute atomic E-state index is 0.0312. The van der Waals surface area contributed by atoms with Crippen molar-refractivity contribution in [3.8, 4) is 11.1 Å². The topological polar surface area (TPSA) is 102 Å². The van der Waals surface area contributed by atoms with E-state index in [2.05, 4.69) is 17.4 Å². The van der Waals surface area contributed by atoms with E-state index in [1.807, 2.05) is 36.4 Å². The van der Waals surface area contributed by atoms with Gasteiger partial charge in [0, 0.05) is 12.5 Å². The third-order valence-corrected chi connectivity index (χ3v) is 4.13. The summed E-state index contributed by atoms with van der Waals surface area (Å²) in [5.41, 5.74) is 9.87. The van der Waals surface area contributed by atoms with Gasteiger partial charge in [0.15, 0.2) is 0 Å².